The van der Waals surface area contributed by atoms with Crippen LogP contribution in [0.4, 0.5) is 5.69 Å². The maximum Gasteiger partial charge on any atom is 0.0371 e. The third-order valence-electron chi connectivity index (χ3n) is 3.16. The summed E-state index contributed by atoms with van der Waals surface area (Å²) in [5.74, 6) is 0. The van der Waals surface area contributed by atoms with E-state index in [-0.39, 0.29) is 0 Å². The molecule has 0 radical (unpaired) electrons. The molecule has 0 spiro atoms. The van der Waals surface area contributed by atoms with Crippen LogP contribution in [0, 0.1) is 0 Å². The van der Waals surface area contributed by atoms with Gasteiger partial charge in [-0.05, 0) is 37.6 Å². The highest BCUT2D eigenvalue weighted by Crippen LogP contribution is 2.05. The summed E-state index contributed by atoms with van der Waals surface area (Å²) in [5, 5.41) is 6.85. The Labute approximate surface area is 127 Å². The minimum atomic E-state index is 0.935. The first kappa shape index (κ1) is 15.3. The molecule has 2 rings (SSSR count). The van der Waals surface area contributed by atoms with Crippen LogP contribution >= 0.6 is 0 Å². The van der Waals surface area contributed by atoms with Crippen molar-refractivity contribution in [2.45, 2.75) is 13.3 Å². The fourth-order valence-electron chi connectivity index (χ4n) is 2.09. The average molecular weight is 281 g/mol. The van der Waals surface area contributed by atoms with Gasteiger partial charge in [0.25, 0.3) is 0 Å². The van der Waals surface area contributed by atoms with E-state index in [1.807, 2.05) is 18.2 Å². The topological polar surface area (TPSA) is 37.0 Å². The molecule has 110 valence electrons. The lowest BCUT2D eigenvalue weighted by atomic mass is 10.1. The molecule has 0 aliphatic rings. The number of hydrogen-bond acceptors (Lipinski definition) is 3. The highest BCUT2D eigenvalue weighted by molar-refractivity contribution is 5.52. The van der Waals surface area contributed by atoms with Gasteiger partial charge >= 0.3 is 0 Å². The van der Waals surface area contributed by atoms with E-state index in [1.54, 1.807) is 12.4 Å². The highest BCUT2D eigenvalue weighted by Gasteiger charge is 1.93. The smallest absolute Gasteiger partial charge is 0.0371 e. The molecule has 2 N–H and O–H groups in total. The molecule has 21 heavy (non-hydrogen) atoms. The Morgan fingerprint density at radius 3 is 2.57 bits per heavy atom. The minimum Gasteiger partial charge on any atom is -0.385 e. The van der Waals surface area contributed by atoms with Gasteiger partial charge < -0.3 is 10.6 Å². The Hall–Kier alpha value is -2.13. The van der Waals surface area contributed by atoms with E-state index in [4.69, 9.17) is 0 Å². The Morgan fingerprint density at radius 2 is 1.81 bits per heavy atom. The number of hydrogen-bond donors (Lipinski definition) is 2. The van der Waals surface area contributed by atoms with E-state index >= 15 is 0 Å². The van der Waals surface area contributed by atoms with Crippen LogP contribution in [0.2, 0.25) is 0 Å². The van der Waals surface area contributed by atoms with Gasteiger partial charge in [0.15, 0.2) is 0 Å². The van der Waals surface area contributed by atoms with E-state index < -0.39 is 0 Å². The van der Waals surface area contributed by atoms with Crippen molar-refractivity contribution in [2.24, 2.45) is 0 Å². The standard InChI is InChI=1S/C18H23N3/c1-16(14-17-6-3-2-4-7-17)15-20-10-5-11-21-18-8-12-19-13-9-18/h2-4,6-9,12-14,20H,5,10-11,15H2,1H3,(H,19,21). The lowest BCUT2D eigenvalue weighted by Crippen LogP contribution is -2.19. The lowest BCUT2D eigenvalue weighted by molar-refractivity contribution is 0.699. The van der Waals surface area contributed by atoms with Crippen molar-refractivity contribution >= 4 is 11.8 Å². The summed E-state index contributed by atoms with van der Waals surface area (Å²) < 4.78 is 0. The second-order valence-electron chi connectivity index (χ2n) is 5.09. The molecule has 2 aromatic rings. The number of nitrogens with zero attached hydrogens (tertiary/aromatic N) is 1. The van der Waals surface area contributed by atoms with Crippen molar-refractivity contribution in [3.8, 4) is 0 Å². The molecule has 0 atom stereocenters. The SMILES string of the molecule is CC(=Cc1ccccc1)CNCCCNc1ccncc1. The van der Waals surface area contributed by atoms with E-state index in [9.17, 15) is 0 Å². The van der Waals surface area contributed by atoms with E-state index in [0.717, 1.165) is 31.7 Å². The third kappa shape index (κ3) is 6.23. The first-order chi connectivity index (χ1) is 10.3. The average Bonchev–Trinajstić information content (AvgIpc) is 2.53. The first-order valence-electron chi connectivity index (χ1n) is 7.41. The molecule has 3 heteroatoms. The molecule has 0 unspecified atom stereocenters. The van der Waals surface area contributed by atoms with E-state index in [2.05, 4.69) is 52.9 Å². The molecule has 0 saturated heterocycles. The summed E-state index contributed by atoms with van der Waals surface area (Å²) in [6.45, 7) is 5.08. The summed E-state index contributed by atoms with van der Waals surface area (Å²) >= 11 is 0. The van der Waals surface area contributed by atoms with Crippen LogP contribution in [0.1, 0.15) is 18.9 Å². The normalized spacial score (nSPS) is 11.4. The zero-order valence-corrected chi connectivity index (χ0v) is 12.5. The molecular weight excluding hydrogens is 258 g/mol. The van der Waals surface area contributed by atoms with Crippen LogP contribution in [-0.2, 0) is 0 Å². The van der Waals surface area contributed by atoms with Gasteiger partial charge in [-0.1, -0.05) is 42.0 Å². The van der Waals surface area contributed by atoms with Gasteiger partial charge in [0.05, 0.1) is 0 Å². The van der Waals surface area contributed by atoms with Crippen LogP contribution in [0.25, 0.3) is 6.08 Å². The molecule has 0 saturated carbocycles. The summed E-state index contributed by atoms with van der Waals surface area (Å²) in [7, 11) is 0. The molecule has 0 bridgehead atoms. The molecule has 1 aromatic heterocycles. The van der Waals surface area contributed by atoms with Gasteiger partial charge in [0, 0.05) is 31.2 Å². The van der Waals surface area contributed by atoms with Gasteiger partial charge in [-0.15, -0.1) is 0 Å². The molecular formula is C18H23N3. The zero-order valence-electron chi connectivity index (χ0n) is 12.5. The van der Waals surface area contributed by atoms with E-state index in [0.29, 0.717) is 0 Å². The van der Waals surface area contributed by atoms with Gasteiger partial charge in [-0.2, -0.15) is 0 Å². The van der Waals surface area contributed by atoms with Crippen molar-refractivity contribution in [1.29, 1.82) is 0 Å². The largest absolute Gasteiger partial charge is 0.385 e. The van der Waals surface area contributed by atoms with Crippen LogP contribution in [0.3, 0.4) is 0 Å². The quantitative estimate of drug-likeness (QED) is 0.726. The van der Waals surface area contributed by atoms with Gasteiger partial charge in [0.1, 0.15) is 0 Å². The molecule has 0 aliphatic carbocycles. The van der Waals surface area contributed by atoms with Crippen LogP contribution < -0.4 is 10.6 Å². The molecule has 0 fully saturated rings. The zero-order chi connectivity index (χ0) is 14.8. The maximum atomic E-state index is 4.00. The van der Waals surface area contributed by atoms with Crippen molar-refractivity contribution in [1.82, 2.24) is 10.3 Å². The molecule has 1 aromatic carbocycles. The number of nitrogens with one attached hydrogen (secondary N) is 2. The number of aromatic nitrogens is 1. The number of anilines is 1. The molecule has 0 amide bonds. The Morgan fingerprint density at radius 1 is 1.05 bits per heavy atom. The number of rotatable bonds is 8. The van der Waals surface area contributed by atoms with Crippen molar-refractivity contribution in [3.63, 3.8) is 0 Å². The molecule has 3 nitrogen and oxygen atoms in total. The fraction of sp³-hybridized carbons (Fsp3) is 0.278. The highest BCUT2D eigenvalue weighted by atomic mass is 14.9. The van der Waals surface area contributed by atoms with Crippen LogP contribution in [0.15, 0.2) is 60.4 Å². The predicted molar refractivity (Wildman–Crippen MR) is 90.3 cm³/mol. The third-order valence-corrected chi connectivity index (χ3v) is 3.16. The second kappa shape index (κ2) is 8.93. The van der Waals surface area contributed by atoms with Crippen molar-refractivity contribution in [3.05, 3.63) is 66.0 Å². The first-order valence-corrected chi connectivity index (χ1v) is 7.41. The summed E-state index contributed by atoms with van der Waals surface area (Å²) in [6.07, 6.45) is 6.93. The number of benzene rings is 1. The predicted octanol–water partition coefficient (Wildman–Crippen LogP) is 3.58. The second-order valence-corrected chi connectivity index (χ2v) is 5.09. The molecule has 1 heterocycles. The van der Waals surface area contributed by atoms with Crippen LogP contribution in [0.5, 0.6) is 0 Å². The molecule has 0 aliphatic heterocycles. The fourth-order valence-corrected chi connectivity index (χ4v) is 2.09. The Bertz CT molecular complexity index is 535. The summed E-state index contributed by atoms with van der Waals surface area (Å²) in [5.41, 5.74) is 3.74. The van der Waals surface area contributed by atoms with Gasteiger partial charge in [-0.25, -0.2) is 0 Å². The minimum absolute atomic E-state index is 0.935. The monoisotopic (exact) mass is 281 g/mol. The van der Waals surface area contributed by atoms with E-state index in [1.165, 1.54) is 11.1 Å². The van der Waals surface area contributed by atoms with Crippen molar-refractivity contribution in [2.75, 3.05) is 25.0 Å². The Balaban J connectivity index is 1.58. The maximum absolute atomic E-state index is 4.00. The lowest BCUT2D eigenvalue weighted by Gasteiger charge is -2.07. The van der Waals surface area contributed by atoms with Gasteiger partial charge in [0.2, 0.25) is 0 Å². The number of pyridine rings is 1. The van der Waals surface area contributed by atoms with Gasteiger partial charge in [-0.3, -0.25) is 4.98 Å². The Kier molecular flexibility index (Phi) is 6.49. The summed E-state index contributed by atoms with van der Waals surface area (Å²) in [6, 6.07) is 14.4. The van der Waals surface area contributed by atoms with Crippen molar-refractivity contribution < 1.29 is 0 Å². The summed E-state index contributed by atoms with van der Waals surface area (Å²) in [4.78, 5) is 4.00. The van der Waals surface area contributed by atoms with Crippen LogP contribution in [-0.4, -0.2) is 24.6 Å².